The highest BCUT2D eigenvalue weighted by Gasteiger charge is 2.23. The maximum atomic E-state index is 5.98. The van der Waals surface area contributed by atoms with Gasteiger partial charge >= 0.3 is 0 Å². The Bertz CT molecular complexity index is 179. The Morgan fingerprint density at radius 1 is 1.58 bits per heavy atom. The number of halogens is 1. The van der Waals surface area contributed by atoms with Crippen LogP contribution in [-0.4, -0.2) is 29.6 Å². The van der Waals surface area contributed by atoms with Crippen molar-refractivity contribution in [3.8, 4) is 0 Å². The Morgan fingerprint density at radius 3 is 2.67 bits per heavy atom. The summed E-state index contributed by atoms with van der Waals surface area (Å²) >= 11 is 5.98. The second kappa shape index (κ2) is 4.04. The van der Waals surface area contributed by atoms with Gasteiger partial charge in [-0.15, -0.1) is 0 Å². The van der Waals surface area contributed by atoms with Gasteiger partial charge in [0.15, 0.2) is 0 Å². The topological polar surface area (TPSA) is 6.48 Å². The molecule has 0 aromatic heterocycles. The van der Waals surface area contributed by atoms with Crippen LogP contribution in [0.15, 0.2) is 11.4 Å². The van der Waals surface area contributed by atoms with E-state index in [2.05, 4.69) is 23.6 Å². The number of hydrogen-bond donors (Lipinski definition) is 0. The normalized spacial score (nSPS) is 23.3. The third kappa shape index (κ3) is 1.86. The third-order valence-electron chi connectivity index (χ3n) is 2.42. The fourth-order valence-corrected chi connectivity index (χ4v) is 1.60. The molecule has 1 heterocycles. The van der Waals surface area contributed by atoms with E-state index < -0.39 is 0 Å². The molecule has 0 N–H and O–H groups in total. The average molecular weight is 189 g/mol. The minimum absolute atomic E-state index is 0.420. The lowest BCUT2D eigenvalue weighted by Crippen LogP contribution is -2.34. The summed E-state index contributed by atoms with van der Waals surface area (Å²) < 4.78 is 0. The molecule has 0 saturated carbocycles. The summed E-state index contributed by atoms with van der Waals surface area (Å²) in [6.45, 7) is 5.48. The lowest BCUT2D eigenvalue weighted by Gasteiger charge is -2.27. The zero-order valence-electron chi connectivity index (χ0n) is 8.05. The van der Waals surface area contributed by atoms with Crippen LogP contribution >= 0.6 is 11.6 Å². The Morgan fingerprint density at radius 2 is 2.25 bits per heavy atom. The first kappa shape index (κ1) is 9.72. The Labute approximate surface area is 79.8 Å². The summed E-state index contributed by atoms with van der Waals surface area (Å²) in [5.74, 6) is 0. The van der Waals surface area contributed by atoms with E-state index in [4.69, 9.17) is 11.6 Å². The number of rotatable bonds is 3. The molecular weight excluding hydrogens is 172 g/mol. The molecule has 0 fully saturated rings. The Hall–Kier alpha value is -0.370. The average Bonchev–Trinajstić information content (AvgIpc) is 2.30. The maximum Gasteiger partial charge on any atom is 0.122 e. The molecule has 1 aliphatic heterocycles. The van der Waals surface area contributed by atoms with Crippen molar-refractivity contribution < 1.29 is 0 Å². The molecule has 1 rings (SSSR count). The lowest BCUT2D eigenvalue weighted by atomic mass is 10.3. The van der Waals surface area contributed by atoms with Crippen LogP contribution in [0.3, 0.4) is 0 Å². The lowest BCUT2D eigenvalue weighted by molar-refractivity contribution is 0.191. The van der Waals surface area contributed by atoms with Crippen LogP contribution in [0.5, 0.6) is 0 Å². The summed E-state index contributed by atoms with van der Waals surface area (Å²) in [4.78, 5) is 4.36. The standard InChI is InChI=1S/C9H17ClN2/c1-4-5-6-12-7-9(10)11(3)8(12)2/h7-8H,4-6H2,1-3H3. The summed E-state index contributed by atoms with van der Waals surface area (Å²) in [6, 6.07) is 0. The first-order chi connectivity index (χ1) is 5.66. The minimum atomic E-state index is 0.420. The van der Waals surface area contributed by atoms with Gasteiger partial charge in [0.1, 0.15) is 5.16 Å². The predicted molar refractivity (Wildman–Crippen MR) is 52.8 cm³/mol. The summed E-state index contributed by atoms with van der Waals surface area (Å²) in [5.41, 5.74) is 0. The van der Waals surface area contributed by atoms with Crippen molar-refractivity contribution in [3.05, 3.63) is 11.4 Å². The Kier molecular flexibility index (Phi) is 3.27. The minimum Gasteiger partial charge on any atom is -0.355 e. The van der Waals surface area contributed by atoms with E-state index in [1.165, 1.54) is 12.8 Å². The summed E-state index contributed by atoms with van der Waals surface area (Å²) in [5, 5.41) is 0.846. The molecule has 0 aromatic rings. The van der Waals surface area contributed by atoms with Gasteiger partial charge in [-0.25, -0.2) is 0 Å². The number of unbranched alkanes of at least 4 members (excludes halogenated alkanes) is 1. The van der Waals surface area contributed by atoms with Gasteiger partial charge in [0.25, 0.3) is 0 Å². The first-order valence-corrected chi connectivity index (χ1v) is 4.90. The van der Waals surface area contributed by atoms with Crippen molar-refractivity contribution in [1.29, 1.82) is 0 Å². The van der Waals surface area contributed by atoms with Gasteiger partial charge in [-0.2, -0.15) is 0 Å². The quantitative estimate of drug-likeness (QED) is 0.628. The van der Waals surface area contributed by atoms with Crippen LogP contribution in [-0.2, 0) is 0 Å². The molecule has 0 aliphatic carbocycles. The van der Waals surface area contributed by atoms with Gasteiger partial charge in [0, 0.05) is 19.8 Å². The molecule has 0 radical (unpaired) electrons. The predicted octanol–water partition coefficient (Wildman–Crippen LogP) is 2.42. The van der Waals surface area contributed by atoms with E-state index in [0.29, 0.717) is 6.17 Å². The van der Waals surface area contributed by atoms with Crippen LogP contribution in [0.4, 0.5) is 0 Å². The highest BCUT2D eigenvalue weighted by Crippen LogP contribution is 2.23. The van der Waals surface area contributed by atoms with Gasteiger partial charge < -0.3 is 9.80 Å². The third-order valence-corrected chi connectivity index (χ3v) is 2.78. The molecule has 3 heteroatoms. The van der Waals surface area contributed by atoms with Crippen molar-refractivity contribution in [2.24, 2.45) is 0 Å². The second-order valence-corrected chi connectivity index (χ2v) is 3.67. The van der Waals surface area contributed by atoms with Gasteiger partial charge in [0.2, 0.25) is 0 Å². The molecule has 0 saturated heterocycles. The molecule has 1 atom stereocenters. The molecule has 0 spiro atoms. The summed E-state index contributed by atoms with van der Waals surface area (Å²) in [7, 11) is 2.02. The smallest absolute Gasteiger partial charge is 0.122 e. The van der Waals surface area contributed by atoms with Crippen LogP contribution in [0, 0.1) is 0 Å². The largest absolute Gasteiger partial charge is 0.355 e. The SMILES string of the molecule is CCCCN1C=C(Cl)N(C)C1C. The fourth-order valence-electron chi connectivity index (χ4n) is 1.33. The first-order valence-electron chi connectivity index (χ1n) is 4.52. The van der Waals surface area contributed by atoms with Crippen LogP contribution in [0.25, 0.3) is 0 Å². The van der Waals surface area contributed by atoms with Crippen LogP contribution in [0.1, 0.15) is 26.7 Å². The highest BCUT2D eigenvalue weighted by atomic mass is 35.5. The van der Waals surface area contributed by atoms with Crippen LogP contribution < -0.4 is 0 Å². The molecule has 0 amide bonds. The monoisotopic (exact) mass is 188 g/mol. The van der Waals surface area contributed by atoms with Crippen molar-refractivity contribution in [3.63, 3.8) is 0 Å². The molecule has 12 heavy (non-hydrogen) atoms. The zero-order chi connectivity index (χ0) is 9.14. The van der Waals surface area contributed by atoms with E-state index in [9.17, 15) is 0 Å². The van der Waals surface area contributed by atoms with Crippen molar-refractivity contribution in [2.75, 3.05) is 13.6 Å². The molecule has 0 bridgehead atoms. The van der Waals surface area contributed by atoms with Crippen molar-refractivity contribution >= 4 is 11.6 Å². The van der Waals surface area contributed by atoms with E-state index in [1.54, 1.807) is 0 Å². The van der Waals surface area contributed by atoms with Crippen molar-refractivity contribution in [1.82, 2.24) is 9.80 Å². The molecule has 1 aliphatic rings. The Balaban J connectivity index is 2.46. The summed E-state index contributed by atoms with van der Waals surface area (Å²) in [6.07, 6.45) is 4.92. The maximum absolute atomic E-state index is 5.98. The van der Waals surface area contributed by atoms with E-state index in [1.807, 2.05) is 13.2 Å². The second-order valence-electron chi connectivity index (χ2n) is 3.29. The van der Waals surface area contributed by atoms with E-state index >= 15 is 0 Å². The fraction of sp³-hybridized carbons (Fsp3) is 0.778. The van der Waals surface area contributed by atoms with E-state index in [-0.39, 0.29) is 0 Å². The van der Waals surface area contributed by atoms with Crippen LogP contribution in [0.2, 0.25) is 0 Å². The van der Waals surface area contributed by atoms with Gasteiger partial charge in [0.05, 0.1) is 6.17 Å². The van der Waals surface area contributed by atoms with E-state index in [0.717, 1.165) is 11.7 Å². The molecule has 2 nitrogen and oxygen atoms in total. The number of hydrogen-bond acceptors (Lipinski definition) is 2. The molecular formula is C9H17ClN2. The highest BCUT2D eigenvalue weighted by molar-refractivity contribution is 6.29. The molecule has 0 aromatic carbocycles. The molecule has 70 valence electrons. The zero-order valence-corrected chi connectivity index (χ0v) is 8.80. The van der Waals surface area contributed by atoms with Gasteiger partial charge in [-0.1, -0.05) is 24.9 Å². The molecule has 1 unspecified atom stereocenters. The van der Waals surface area contributed by atoms with Gasteiger partial charge in [-0.3, -0.25) is 0 Å². The van der Waals surface area contributed by atoms with Crippen molar-refractivity contribution in [2.45, 2.75) is 32.9 Å². The van der Waals surface area contributed by atoms with Gasteiger partial charge in [-0.05, 0) is 13.3 Å². The number of nitrogens with zero attached hydrogens (tertiary/aromatic N) is 2.